The van der Waals surface area contributed by atoms with Gasteiger partial charge in [-0.1, -0.05) is 0 Å². The van der Waals surface area contributed by atoms with Crippen LogP contribution in [0.15, 0.2) is 11.4 Å². The summed E-state index contributed by atoms with van der Waals surface area (Å²) in [5.74, 6) is -2.21. The predicted octanol–water partition coefficient (Wildman–Crippen LogP) is -0.199. The first-order valence-electron chi connectivity index (χ1n) is 4.14. The average molecular weight is 204 g/mol. The van der Waals surface area contributed by atoms with Crippen LogP contribution >= 0.6 is 0 Å². The van der Waals surface area contributed by atoms with Crippen molar-refractivity contribution in [1.29, 1.82) is 0 Å². The Labute approximate surface area is 78.7 Å². The fourth-order valence-electron chi connectivity index (χ4n) is 1.69. The molecule has 6 heteroatoms. The second kappa shape index (κ2) is 3.30. The molecular weight excluding hydrogens is 195 g/mol. The van der Waals surface area contributed by atoms with Crippen molar-refractivity contribution in [2.45, 2.75) is 24.7 Å². The summed E-state index contributed by atoms with van der Waals surface area (Å²) >= 11 is 0. The maximum absolute atomic E-state index is 13.4. The minimum Gasteiger partial charge on any atom is -0.478 e. The van der Waals surface area contributed by atoms with Gasteiger partial charge in [0.25, 0.3) is 0 Å². The van der Waals surface area contributed by atoms with Gasteiger partial charge in [0.05, 0.1) is 11.7 Å². The molecule has 0 aromatic carbocycles. The third-order valence-electron chi connectivity index (χ3n) is 2.40. The lowest BCUT2D eigenvalue weighted by Gasteiger charge is -2.26. The summed E-state index contributed by atoms with van der Waals surface area (Å²) in [5, 5.41) is 18.1. The summed E-state index contributed by atoms with van der Waals surface area (Å²) < 4.78 is 23.2. The molecule has 1 fully saturated rings. The van der Waals surface area contributed by atoms with Crippen LogP contribution in [0, 0.1) is 0 Å². The normalized spacial score (nSPS) is 37.1. The Kier molecular flexibility index (Phi) is 2.26. The Morgan fingerprint density at radius 1 is 1.50 bits per heavy atom. The number of carboxylic acid groups (broad SMARTS) is 1. The molecular formula is C8H9FO5. The highest BCUT2D eigenvalue weighted by atomic mass is 19.1. The highest BCUT2D eigenvalue weighted by Gasteiger charge is 2.45. The fourth-order valence-corrected chi connectivity index (χ4v) is 1.69. The highest BCUT2D eigenvalue weighted by molar-refractivity contribution is 5.87. The summed E-state index contributed by atoms with van der Waals surface area (Å²) in [4.78, 5) is 10.6. The lowest BCUT2D eigenvalue weighted by atomic mass is 9.91. The first-order valence-corrected chi connectivity index (χ1v) is 4.14. The van der Waals surface area contributed by atoms with Gasteiger partial charge in [-0.15, -0.1) is 0 Å². The smallest absolute Gasteiger partial charge is 0.334 e. The minimum atomic E-state index is -1.37. The van der Waals surface area contributed by atoms with Gasteiger partial charge < -0.3 is 19.7 Å². The molecule has 3 unspecified atom stereocenters. The van der Waals surface area contributed by atoms with Crippen molar-refractivity contribution in [3.63, 3.8) is 0 Å². The molecule has 0 aromatic rings. The molecule has 0 bridgehead atoms. The minimum absolute atomic E-state index is 0.118. The van der Waals surface area contributed by atoms with E-state index in [1.54, 1.807) is 0 Å². The van der Waals surface area contributed by atoms with Gasteiger partial charge >= 0.3 is 5.97 Å². The maximum atomic E-state index is 13.4. The molecule has 78 valence electrons. The molecule has 0 radical (unpaired) electrons. The van der Waals surface area contributed by atoms with E-state index in [0.717, 1.165) is 0 Å². The number of ether oxygens (including phenoxy) is 2. The molecule has 1 saturated heterocycles. The van der Waals surface area contributed by atoms with Crippen LogP contribution in [0.1, 0.15) is 6.42 Å². The van der Waals surface area contributed by atoms with Gasteiger partial charge in [0.2, 0.25) is 0 Å². The van der Waals surface area contributed by atoms with Crippen LogP contribution in [0.5, 0.6) is 0 Å². The molecule has 2 aliphatic rings. The number of halogens is 1. The Morgan fingerprint density at radius 2 is 2.21 bits per heavy atom. The van der Waals surface area contributed by atoms with Crippen LogP contribution in [0.3, 0.4) is 0 Å². The Hall–Kier alpha value is -0.980. The molecule has 3 atom stereocenters. The fraction of sp³-hybridized carbons (Fsp3) is 0.625. The molecule has 2 N–H and O–H groups in total. The molecule has 14 heavy (non-hydrogen) atoms. The largest absolute Gasteiger partial charge is 0.478 e. The van der Waals surface area contributed by atoms with E-state index in [0.29, 0.717) is 0 Å². The van der Waals surface area contributed by atoms with Crippen molar-refractivity contribution in [2.24, 2.45) is 0 Å². The third kappa shape index (κ3) is 1.31. The first kappa shape index (κ1) is 9.57. The SMILES string of the molecule is O=C(O)C1=C(F)C2OCOC2C(O)C1. The molecule has 5 nitrogen and oxygen atoms in total. The van der Waals surface area contributed by atoms with E-state index >= 15 is 0 Å². The van der Waals surface area contributed by atoms with Gasteiger partial charge in [-0.3, -0.25) is 0 Å². The van der Waals surface area contributed by atoms with Crippen LogP contribution in [0.25, 0.3) is 0 Å². The number of rotatable bonds is 1. The number of fused-ring (bicyclic) bond motifs is 1. The zero-order valence-electron chi connectivity index (χ0n) is 7.14. The highest BCUT2D eigenvalue weighted by Crippen LogP contribution is 2.34. The molecule has 1 heterocycles. The lowest BCUT2D eigenvalue weighted by Crippen LogP contribution is -2.41. The average Bonchev–Trinajstić information content (AvgIpc) is 2.59. The monoisotopic (exact) mass is 204 g/mol. The number of carbonyl (C=O) groups is 1. The van der Waals surface area contributed by atoms with Gasteiger partial charge in [0.15, 0.2) is 0 Å². The second-order valence-corrected chi connectivity index (χ2v) is 3.24. The first-order chi connectivity index (χ1) is 6.61. The molecule has 0 amide bonds. The topological polar surface area (TPSA) is 76.0 Å². The van der Waals surface area contributed by atoms with Crippen molar-refractivity contribution >= 4 is 5.97 Å². The van der Waals surface area contributed by atoms with Crippen LogP contribution in [0.4, 0.5) is 4.39 Å². The summed E-state index contributed by atoms with van der Waals surface area (Å²) in [6, 6.07) is 0. The molecule has 1 aliphatic heterocycles. The van der Waals surface area contributed by atoms with E-state index in [4.69, 9.17) is 14.6 Å². The number of hydrogen-bond acceptors (Lipinski definition) is 4. The number of hydrogen-bond donors (Lipinski definition) is 2. The van der Waals surface area contributed by atoms with Crippen LogP contribution in [0.2, 0.25) is 0 Å². The number of aliphatic carboxylic acids is 1. The molecule has 1 aliphatic carbocycles. The van der Waals surface area contributed by atoms with Gasteiger partial charge in [-0.2, -0.15) is 0 Å². The van der Waals surface area contributed by atoms with Gasteiger partial charge in [-0.05, 0) is 0 Å². The maximum Gasteiger partial charge on any atom is 0.334 e. The second-order valence-electron chi connectivity index (χ2n) is 3.24. The number of carboxylic acids is 1. The number of aliphatic hydroxyl groups excluding tert-OH is 1. The van der Waals surface area contributed by atoms with E-state index in [-0.39, 0.29) is 13.2 Å². The Bertz CT molecular complexity index is 300. The van der Waals surface area contributed by atoms with E-state index in [2.05, 4.69) is 0 Å². The Balaban J connectivity index is 2.33. The summed E-state index contributed by atoms with van der Waals surface area (Å²) in [6.45, 7) is -0.118. The van der Waals surface area contributed by atoms with E-state index in [1.807, 2.05) is 0 Å². The van der Waals surface area contributed by atoms with Crippen LogP contribution < -0.4 is 0 Å². The summed E-state index contributed by atoms with van der Waals surface area (Å²) in [5.41, 5.74) is -0.427. The van der Waals surface area contributed by atoms with Gasteiger partial charge in [0.1, 0.15) is 24.8 Å². The van der Waals surface area contributed by atoms with Crippen molar-refractivity contribution in [2.75, 3.05) is 6.79 Å². The molecule has 2 rings (SSSR count). The zero-order valence-corrected chi connectivity index (χ0v) is 7.14. The van der Waals surface area contributed by atoms with Gasteiger partial charge in [0, 0.05) is 6.42 Å². The van der Waals surface area contributed by atoms with Crippen LogP contribution in [-0.2, 0) is 14.3 Å². The molecule has 0 spiro atoms. The van der Waals surface area contributed by atoms with E-state index in [9.17, 15) is 14.3 Å². The zero-order chi connectivity index (χ0) is 10.3. The van der Waals surface area contributed by atoms with Gasteiger partial charge in [-0.25, -0.2) is 9.18 Å². The van der Waals surface area contributed by atoms with E-state index in [1.165, 1.54) is 0 Å². The van der Waals surface area contributed by atoms with Crippen molar-refractivity contribution in [3.8, 4) is 0 Å². The van der Waals surface area contributed by atoms with E-state index < -0.39 is 35.7 Å². The lowest BCUT2D eigenvalue weighted by molar-refractivity contribution is -0.134. The van der Waals surface area contributed by atoms with Crippen molar-refractivity contribution in [3.05, 3.63) is 11.4 Å². The summed E-state index contributed by atoms with van der Waals surface area (Å²) in [7, 11) is 0. The van der Waals surface area contributed by atoms with Crippen molar-refractivity contribution < 1.29 is 28.9 Å². The number of aliphatic hydroxyl groups is 1. The standard InChI is InChI=1S/C8H9FO5/c9-5-3(8(11)12)1-4(10)6-7(5)14-2-13-6/h4,6-7,10H,1-2H2,(H,11,12). The molecule has 0 saturated carbocycles. The Morgan fingerprint density at radius 3 is 2.86 bits per heavy atom. The molecule has 0 aromatic heterocycles. The van der Waals surface area contributed by atoms with Crippen LogP contribution in [-0.4, -0.2) is 41.3 Å². The predicted molar refractivity (Wildman–Crippen MR) is 41.0 cm³/mol. The third-order valence-corrected chi connectivity index (χ3v) is 2.40. The quantitative estimate of drug-likeness (QED) is 0.618. The van der Waals surface area contributed by atoms with Crippen molar-refractivity contribution in [1.82, 2.24) is 0 Å². The summed E-state index contributed by atoms with van der Waals surface area (Å²) in [6.07, 6.45) is -3.11.